The second-order valence-corrected chi connectivity index (χ2v) is 6.40. The maximum absolute atomic E-state index is 4.74. The predicted octanol–water partition coefficient (Wildman–Crippen LogP) is 3.06. The third-order valence-corrected chi connectivity index (χ3v) is 4.74. The van der Waals surface area contributed by atoms with Crippen LogP contribution in [0.15, 0.2) is 5.38 Å². The van der Waals surface area contributed by atoms with E-state index >= 15 is 0 Å². The quantitative estimate of drug-likeness (QED) is 0.832. The first-order valence-electron chi connectivity index (χ1n) is 7.70. The van der Waals surface area contributed by atoms with E-state index in [9.17, 15) is 0 Å². The van der Waals surface area contributed by atoms with Crippen molar-refractivity contribution in [2.24, 2.45) is 0 Å². The van der Waals surface area contributed by atoms with Crippen LogP contribution in [0.25, 0.3) is 0 Å². The molecule has 1 N–H and O–H groups in total. The van der Waals surface area contributed by atoms with Gasteiger partial charge in [0, 0.05) is 24.5 Å². The maximum atomic E-state index is 4.74. The molecule has 1 unspecified atom stereocenters. The van der Waals surface area contributed by atoms with Gasteiger partial charge in [0.05, 0.1) is 10.7 Å². The van der Waals surface area contributed by atoms with Gasteiger partial charge >= 0.3 is 0 Å². The molecule has 2 rings (SSSR count). The van der Waals surface area contributed by atoms with Crippen molar-refractivity contribution in [3.8, 4) is 0 Å². The highest BCUT2D eigenvalue weighted by atomic mass is 32.1. The molecule has 2 heterocycles. The molecule has 0 aromatic carbocycles. The van der Waals surface area contributed by atoms with E-state index in [0.29, 0.717) is 6.04 Å². The summed E-state index contributed by atoms with van der Waals surface area (Å²) in [4.78, 5) is 7.26. The number of piperidine rings is 1. The SMILES string of the molecule is CCCc1nc(CN(CC)CC2CCCCN2)cs1. The number of nitrogens with one attached hydrogen (secondary N) is 1. The molecule has 1 aliphatic heterocycles. The van der Waals surface area contributed by atoms with Crippen LogP contribution in [0.1, 0.15) is 50.2 Å². The van der Waals surface area contributed by atoms with Gasteiger partial charge in [-0.2, -0.15) is 0 Å². The van der Waals surface area contributed by atoms with E-state index in [4.69, 9.17) is 4.98 Å². The number of rotatable bonds is 7. The minimum atomic E-state index is 0.683. The van der Waals surface area contributed by atoms with E-state index in [2.05, 4.69) is 29.4 Å². The molecule has 1 atom stereocenters. The lowest BCUT2D eigenvalue weighted by atomic mass is 10.0. The molecular weight excluding hydrogens is 254 g/mol. The zero-order valence-corrected chi connectivity index (χ0v) is 13.1. The van der Waals surface area contributed by atoms with Crippen molar-refractivity contribution in [3.63, 3.8) is 0 Å². The summed E-state index contributed by atoms with van der Waals surface area (Å²) in [6.45, 7) is 8.95. The van der Waals surface area contributed by atoms with Crippen LogP contribution >= 0.6 is 11.3 Å². The summed E-state index contributed by atoms with van der Waals surface area (Å²) in [5.74, 6) is 0. The molecule has 0 saturated carbocycles. The topological polar surface area (TPSA) is 28.2 Å². The standard InChI is InChI=1S/C15H27N3S/c1-3-7-15-17-14(12-19-15)11-18(4-2)10-13-8-5-6-9-16-13/h12-13,16H,3-11H2,1-2H3. The predicted molar refractivity (Wildman–Crippen MR) is 82.7 cm³/mol. The molecular formula is C15H27N3S. The van der Waals surface area contributed by atoms with E-state index in [-0.39, 0.29) is 0 Å². The van der Waals surface area contributed by atoms with Crippen LogP contribution in [-0.4, -0.2) is 35.6 Å². The minimum Gasteiger partial charge on any atom is -0.313 e. The van der Waals surface area contributed by atoms with Crippen LogP contribution < -0.4 is 5.32 Å². The number of hydrogen-bond donors (Lipinski definition) is 1. The van der Waals surface area contributed by atoms with Gasteiger partial charge in [0.1, 0.15) is 0 Å². The largest absolute Gasteiger partial charge is 0.313 e. The molecule has 1 fully saturated rings. The monoisotopic (exact) mass is 281 g/mol. The minimum absolute atomic E-state index is 0.683. The van der Waals surface area contributed by atoms with Crippen molar-refractivity contribution >= 4 is 11.3 Å². The Morgan fingerprint density at radius 3 is 3.00 bits per heavy atom. The highest BCUT2D eigenvalue weighted by Gasteiger charge is 2.16. The Labute approximate surface area is 121 Å². The molecule has 4 heteroatoms. The Kier molecular flexibility index (Phi) is 6.28. The van der Waals surface area contributed by atoms with Gasteiger partial charge in [-0.3, -0.25) is 4.90 Å². The van der Waals surface area contributed by atoms with Crippen LogP contribution in [0.4, 0.5) is 0 Å². The third kappa shape index (κ3) is 4.86. The molecule has 1 aliphatic rings. The molecule has 1 aromatic rings. The van der Waals surface area contributed by atoms with Crippen molar-refractivity contribution in [2.45, 2.75) is 58.5 Å². The van der Waals surface area contributed by atoms with Gasteiger partial charge in [0.15, 0.2) is 0 Å². The molecule has 0 aliphatic carbocycles. The Bertz CT molecular complexity index is 358. The fourth-order valence-corrected chi connectivity index (χ4v) is 3.57. The first-order valence-corrected chi connectivity index (χ1v) is 8.58. The highest BCUT2D eigenvalue weighted by Crippen LogP contribution is 2.15. The summed E-state index contributed by atoms with van der Waals surface area (Å²) in [5, 5.41) is 7.17. The van der Waals surface area contributed by atoms with Gasteiger partial charge in [-0.15, -0.1) is 11.3 Å². The van der Waals surface area contributed by atoms with E-state index in [1.54, 1.807) is 0 Å². The Hall–Kier alpha value is -0.450. The maximum Gasteiger partial charge on any atom is 0.0928 e. The lowest BCUT2D eigenvalue weighted by Gasteiger charge is -2.29. The summed E-state index contributed by atoms with van der Waals surface area (Å²) in [7, 11) is 0. The lowest BCUT2D eigenvalue weighted by Crippen LogP contribution is -2.43. The molecule has 19 heavy (non-hydrogen) atoms. The Morgan fingerprint density at radius 2 is 2.32 bits per heavy atom. The molecule has 0 radical (unpaired) electrons. The van der Waals surface area contributed by atoms with E-state index in [0.717, 1.165) is 26.1 Å². The molecule has 1 aromatic heterocycles. The van der Waals surface area contributed by atoms with E-state index < -0.39 is 0 Å². The van der Waals surface area contributed by atoms with Gasteiger partial charge in [-0.25, -0.2) is 4.98 Å². The normalized spacial score (nSPS) is 20.1. The Morgan fingerprint density at radius 1 is 1.42 bits per heavy atom. The number of aromatic nitrogens is 1. The van der Waals surface area contributed by atoms with Crippen molar-refractivity contribution in [1.82, 2.24) is 15.2 Å². The fraction of sp³-hybridized carbons (Fsp3) is 0.800. The van der Waals surface area contributed by atoms with Crippen molar-refractivity contribution in [3.05, 3.63) is 16.1 Å². The molecule has 108 valence electrons. The number of thiazole rings is 1. The first kappa shape index (κ1) is 14.9. The van der Waals surface area contributed by atoms with Crippen molar-refractivity contribution in [2.75, 3.05) is 19.6 Å². The smallest absolute Gasteiger partial charge is 0.0928 e. The van der Waals surface area contributed by atoms with Gasteiger partial charge in [0.25, 0.3) is 0 Å². The van der Waals surface area contributed by atoms with Crippen LogP contribution in [0.3, 0.4) is 0 Å². The summed E-state index contributed by atoms with van der Waals surface area (Å²) < 4.78 is 0. The summed E-state index contributed by atoms with van der Waals surface area (Å²) in [6.07, 6.45) is 6.37. The van der Waals surface area contributed by atoms with Crippen molar-refractivity contribution in [1.29, 1.82) is 0 Å². The van der Waals surface area contributed by atoms with Crippen LogP contribution in [-0.2, 0) is 13.0 Å². The van der Waals surface area contributed by atoms with Crippen LogP contribution in [0, 0.1) is 0 Å². The van der Waals surface area contributed by atoms with Crippen LogP contribution in [0.5, 0.6) is 0 Å². The van der Waals surface area contributed by atoms with E-state index in [1.807, 2.05) is 11.3 Å². The number of likely N-dealkylation sites (N-methyl/N-ethyl adjacent to an activating group) is 1. The molecule has 0 bridgehead atoms. The second-order valence-electron chi connectivity index (χ2n) is 5.46. The summed E-state index contributed by atoms with van der Waals surface area (Å²) in [5.41, 5.74) is 1.26. The van der Waals surface area contributed by atoms with Gasteiger partial charge in [0.2, 0.25) is 0 Å². The zero-order chi connectivity index (χ0) is 13.5. The summed E-state index contributed by atoms with van der Waals surface area (Å²) >= 11 is 1.82. The fourth-order valence-electron chi connectivity index (χ4n) is 2.68. The van der Waals surface area contributed by atoms with Gasteiger partial charge in [-0.05, 0) is 38.8 Å². The van der Waals surface area contributed by atoms with Crippen LogP contribution in [0.2, 0.25) is 0 Å². The molecule has 1 saturated heterocycles. The van der Waals surface area contributed by atoms with E-state index in [1.165, 1.54) is 42.9 Å². The number of nitrogens with zero attached hydrogens (tertiary/aromatic N) is 2. The zero-order valence-electron chi connectivity index (χ0n) is 12.3. The lowest BCUT2D eigenvalue weighted by molar-refractivity contribution is 0.224. The average Bonchev–Trinajstić information content (AvgIpc) is 2.87. The van der Waals surface area contributed by atoms with Gasteiger partial charge in [-0.1, -0.05) is 20.3 Å². The number of hydrogen-bond acceptors (Lipinski definition) is 4. The highest BCUT2D eigenvalue weighted by molar-refractivity contribution is 7.09. The average molecular weight is 281 g/mol. The third-order valence-electron chi connectivity index (χ3n) is 3.79. The number of aryl methyl sites for hydroxylation is 1. The first-order chi connectivity index (χ1) is 9.31. The second kappa shape index (κ2) is 7.98. The van der Waals surface area contributed by atoms with Gasteiger partial charge < -0.3 is 5.32 Å². The molecule has 0 spiro atoms. The Balaban J connectivity index is 1.83. The molecule has 0 amide bonds. The van der Waals surface area contributed by atoms with Crippen molar-refractivity contribution < 1.29 is 0 Å². The summed E-state index contributed by atoms with van der Waals surface area (Å²) in [6, 6.07) is 0.683. The molecule has 3 nitrogen and oxygen atoms in total.